The van der Waals surface area contributed by atoms with Gasteiger partial charge in [-0.25, -0.2) is 4.79 Å². The molecule has 0 unspecified atom stereocenters. The lowest BCUT2D eigenvalue weighted by molar-refractivity contribution is -0.119. The molecule has 0 aliphatic carbocycles. The number of nitrogens with two attached hydrogens (primary N) is 2. The molecular weight excluding hydrogens is 160 g/mol. The Morgan fingerprint density at radius 1 is 1.33 bits per heavy atom. The van der Waals surface area contributed by atoms with Gasteiger partial charge in [0.15, 0.2) is 0 Å². The monoisotopic (exact) mass is 174 g/mol. The molecule has 6 N–H and O–H groups in total. The van der Waals surface area contributed by atoms with Crippen molar-refractivity contribution < 1.29 is 9.59 Å². The van der Waals surface area contributed by atoms with Crippen molar-refractivity contribution in [1.29, 1.82) is 0 Å². The summed E-state index contributed by atoms with van der Waals surface area (Å²) in [6.45, 7) is 1.32. The highest BCUT2D eigenvalue weighted by Crippen LogP contribution is 1.69. The first-order valence-electron chi connectivity index (χ1n) is 3.67. The van der Waals surface area contributed by atoms with Crippen LogP contribution in [0.2, 0.25) is 0 Å². The standard InChI is InChI=1S/C6H14N4O2/c7-2-1-3-9-4-5(11)10-6(8)12/h9H,1-4,7H2,(H3,8,10,11,12). The van der Waals surface area contributed by atoms with Crippen molar-refractivity contribution in [2.24, 2.45) is 11.5 Å². The van der Waals surface area contributed by atoms with Crippen LogP contribution in [-0.4, -0.2) is 31.6 Å². The second-order valence-electron chi connectivity index (χ2n) is 2.23. The molecule has 0 aliphatic heterocycles. The smallest absolute Gasteiger partial charge is 0.318 e. The van der Waals surface area contributed by atoms with E-state index in [0.29, 0.717) is 13.1 Å². The Morgan fingerprint density at radius 2 is 2.00 bits per heavy atom. The summed E-state index contributed by atoms with van der Waals surface area (Å²) in [5.74, 6) is -0.431. The minimum Gasteiger partial charge on any atom is -0.351 e. The Kier molecular flexibility index (Phi) is 5.94. The van der Waals surface area contributed by atoms with E-state index in [9.17, 15) is 9.59 Å². The minimum absolute atomic E-state index is 0.0862. The molecule has 0 bridgehead atoms. The van der Waals surface area contributed by atoms with Gasteiger partial charge in [-0.1, -0.05) is 0 Å². The van der Waals surface area contributed by atoms with Gasteiger partial charge in [-0.05, 0) is 19.5 Å². The number of carbonyl (C=O) groups excluding carboxylic acids is 2. The summed E-state index contributed by atoms with van der Waals surface area (Å²) >= 11 is 0. The molecule has 0 aromatic rings. The molecule has 0 spiro atoms. The SMILES string of the molecule is NCCCNCC(=O)NC(N)=O. The average Bonchev–Trinajstić information content (AvgIpc) is 1.97. The van der Waals surface area contributed by atoms with Gasteiger partial charge in [-0.15, -0.1) is 0 Å². The molecule has 6 nitrogen and oxygen atoms in total. The molecule has 0 fully saturated rings. The number of carbonyl (C=O) groups is 2. The van der Waals surface area contributed by atoms with Crippen molar-refractivity contribution in [2.45, 2.75) is 6.42 Å². The van der Waals surface area contributed by atoms with Gasteiger partial charge in [0.2, 0.25) is 5.91 Å². The van der Waals surface area contributed by atoms with Gasteiger partial charge >= 0.3 is 6.03 Å². The molecule has 0 aliphatic rings. The second kappa shape index (κ2) is 6.56. The minimum atomic E-state index is -0.833. The van der Waals surface area contributed by atoms with E-state index in [1.54, 1.807) is 0 Å². The van der Waals surface area contributed by atoms with Gasteiger partial charge in [0.05, 0.1) is 6.54 Å². The van der Waals surface area contributed by atoms with Crippen molar-refractivity contribution in [1.82, 2.24) is 10.6 Å². The summed E-state index contributed by atoms with van der Waals surface area (Å²) in [5, 5.41) is 4.72. The number of nitrogens with one attached hydrogen (secondary N) is 2. The average molecular weight is 174 g/mol. The van der Waals surface area contributed by atoms with Crippen LogP contribution in [0.1, 0.15) is 6.42 Å². The summed E-state index contributed by atoms with van der Waals surface area (Å²) < 4.78 is 0. The van der Waals surface area contributed by atoms with Gasteiger partial charge in [0.25, 0.3) is 0 Å². The van der Waals surface area contributed by atoms with Crippen LogP contribution in [0.3, 0.4) is 0 Å². The number of primary amides is 1. The topological polar surface area (TPSA) is 110 Å². The van der Waals surface area contributed by atoms with Crippen LogP contribution in [0, 0.1) is 0 Å². The lowest BCUT2D eigenvalue weighted by Crippen LogP contribution is -2.40. The van der Waals surface area contributed by atoms with Crippen LogP contribution < -0.4 is 22.1 Å². The maximum Gasteiger partial charge on any atom is 0.318 e. The van der Waals surface area contributed by atoms with Gasteiger partial charge in [0, 0.05) is 0 Å². The molecular formula is C6H14N4O2. The molecule has 0 heterocycles. The zero-order chi connectivity index (χ0) is 9.40. The lowest BCUT2D eigenvalue weighted by atomic mass is 10.4. The van der Waals surface area contributed by atoms with E-state index in [0.717, 1.165) is 6.42 Å². The van der Waals surface area contributed by atoms with E-state index >= 15 is 0 Å². The molecule has 0 saturated carbocycles. The van der Waals surface area contributed by atoms with Gasteiger partial charge in [-0.3, -0.25) is 10.1 Å². The second-order valence-corrected chi connectivity index (χ2v) is 2.23. The van der Waals surface area contributed by atoms with E-state index in [4.69, 9.17) is 11.5 Å². The first-order valence-corrected chi connectivity index (χ1v) is 3.67. The third-order valence-corrected chi connectivity index (χ3v) is 1.11. The maximum absolute atomic E-state index is 10.7. The maximum atomic E-state index is 10.7. The molecule has 0 aromatic carbocycles. The van der Waals surface area contributed by atoms with E-state index in [-0.39, 0.29) is 6.54 Å². The fourth-order valence-corrected chi connectivity index (χ4v) is 0.611. The van der Waals surface area contributed by atoms with Crippen molar-refractivity contribution >= 4 is 11.9 Å². The van der Waals surface area contributed by atoms with Crippen LogP contribution in [-0.2, 0) is 4.79 Å². The highest BCUT2D eigenvalue weighted by atomic mass is 16.2. The van der Waals surface area contributed by atoms with Crippen LogP contribution in [0.25, 0.3) is 0 Å². The van der Waals surface area contributed by atoms with Gasteiger partial charge < -0.3 is 16.8 Å². The van der Waals surface area contributed by atoms with Crippen molar-refractivity contribution in [3.63, 3.8) is 0 Å². The highest BCUT2D eigenvalue weighted by Gasteiger charge is 2.01. The van der Waals surface area contributed by atoms with Gasteiger partial charge in [-0.2, -0.15) is 0 Å². The number of hydrogen-bond acceptors (Lipinski definition) is 4. The first kappa shape index (κ1) is 10.9. The predicted octanol–water partition coefficient (Wildman–Crippen LogP) is -1.88. The molecule has 6 heteroatoms. The van der Waals surface area contributed by atoms with Crippen molar-refractivity contribution in [3.8, 4) is 0 Å². The summed E-state index contributed by atoms with van der Waals surface area (Å²) in [5.41, 5.74) is 9.92. The first-order chi connectivity index (χ1) is 5.66. The Bertz CT molecular complexity index is 160. The number of rotatable bonds is 5. The largest absolute Gasteiger partial charge is 0.351 e. The Morgan fingerprint density at radius 3 is 2.50 bits per heavy atom. The highest BCUT2D eigenvalue weighted by molar-refractivity contribution is 5.94. The van der Waals surface area contributed by atoms with Crippen LogP contribution >= 0.6 is 0 Å². The molecule has 0 rings (SSSR count). The van der Waals surface area contributed by atoms with Crippen LogP contribution in [0.4, 0.5) is 4.79 Å². The van der Waals surface area contributed by atoms with Crippen LogP contribution in [0.5, 0.6) is 0 Å². The molecule has 3 amide bonds. The third kappa shape index (κ3) is 6.97. The fraction of sp³-hybridized carbons (Fsp3) is 0.667. The Labute approximate surface area is 70.7 Å². The van der Waals surface area contributed by atoms with Crippen molar-refractivity contribution in [2.75, 3.05) is 19.6 Å². The molecule has 0 aromatic heterocycles. The summed E-state index contributed by atoms with van der Waals surface area (Å²) in [4.78, 5) is 20.9. The fourth-order valence-electron chi connectivity index (χ4n) is 0.611. The number of amides is 3. The Hall–Kier alpha value is -1.14. The van der Waals surface area contributed by atoms with Crippen molar-refractivity contribution in [3.05, 3.63) is 0 Å². The van der Waals surface area contributed by atoms with E-state index in [1.165, 1.54) is 0 Å². The zero-order valence-corrected chi connectivity index (χ0v) is 6.80. The molecule has 0 radical (unpaired) electrons. The normalized spacial score (nSPS) is 9.42. The molecule has 12 heavy (non-hydrogen) atoms. The quantitative estimate of drug-likeness (QED) is 0.365. The third-order valence-electron chi connectivity index (χ3n) is 1.11. The number of hydrogen-bond donors (Lipinski definition) is 4. The number of imide groups is 1. The summed E-state index contributed by atoms with van der Waals surface area (Å²) in [6, 6.07) is -0.833. The van der Waals surface area contributed by atoms with E-state index in [2.05, 4.69) is 5.32 Å². The van der Waals surface area contributed by atoms with Gasteiger partial charge in [0.1, 0.15) is 0 Å². The Balaban J connectivity index is 3.26. The lowest BCUT2D eigenvalue weighted by Gasteiger charge is -2.02. The molecule has 70 valence electrons. The summed E-state index contributed by atoms with van der Waals surface area (Å²) in [6.07, 6.45) is 0.795. The predicted molar refractivity (Wildman–Crippen MR) is 44.3 cm³/mol. The number of urea groups is 1. The zero-order valence-electron chi connectivity index (χ0n) is 6.80. The van der Waals surface area contributed by atoms with E-state index < -0.39 is 11.9 Å². The van der Waals surface area contributed by atoms with Crippen LogP contribution in [0.15, 0.2) is 0 Å². The van der Waals surface area contributed by atoms with E-state index in [1.807, 2.05) is 5.32 Å². The molecule has 0 saturated heterocycles. The summed E-state index contributed by atoms with van der Waals surface area (Å²) in [7, 11) is 0. The molecule has 0 atom stereocenters.